The predicted octanol–water partition coefficient (Wildman–Crippen LogP) is 4.17. The summed E-state index contributed by atoms with van der Waals surface area (Å²) >= 11 is 0. The van der Waals surface area contributed by atoms with Crippen LogP contribution in [0.2, 0.25) is 0 Å². The SMILES string of the molecule is C=C1CC(C)(C)[P+](C)(C)C(C)(C)C1. The lowest BCUT2D eigenvalue weighted by Crippen LogP contribution is -2.41. The Morgan fingerprint density at radius 3 is 1.62 bits per heavy atom. The molecule has 0 saturated carbocycles. The van der Waals surface area contributed by atoms with Gasteiger partial charge in [0.05, 0.1) is 10.3 Å². The molecule has 1 rings (SSSR count). The summed E-state index contributed by atoms with van der Waals surface area (Å²) in [6.45, 7) is 18.9. The Labute approximate surface area is 84.1 Å². The second-order valence-corrected chi connectivity index (χ2v) is 11.5. The molecule has 0 aromatic carbocycles. The minimum Gasteiger partial charge on any atom is -0.0995 e. The first-order valence-corrected chi connectivity index (χ1v) is 7.79. The first kappa shape index (κ1) is 11.2. The smallest absolute Gasteiger partial charge is 0.0780 e. The van der Waals surface area contributed by atoms with Gasteiger partial charge in [-0.3, -0.25) is 0 Å². The Morgan fingerprint density at radius 2 is 1.31 bits per heavy atom. The van der Waals surface area contributed by atoms with E-state index in [1.165, 1.54) is 18.4 Å². The first-order chi connectivity index (χ1) is 5.60. The van der Waals surface area contributed by atoms with Crippen molar-refractivity contribution >= 4 is 7.26 Å². The number of allylic oxidation sites excluding steroid dienone is 1. The van der Waals surface area contributed by atoms with Gasteiger partial charge in [-0.15, -0.1) is 0 Å². The van der Waals surface area contributed by atoms with Crippen LogP contribution in [0, 0.1) is 0 Å². The molecule has 13 heavy (non-hydrogen) atoms. The maximum atomic E-state index is 4.19. The lowest BCUT2D eigenvalue weighted by atomic mass is 9.94. The summed E-state index contributed by atoms with van der Waals surface area (Å²) in [5.74, 6) is 0. The van der Waals surface area contributed by atoms with Gasteiger partial charge in [0.1, 0.15) is 0 Å². The third kappa shape index (κ3) is 1.59. The molecule has 1 aliphatic heterocycles. The summed E-state index contributed by atoms with van der Waals surface area (Å²) in [6, 6.07) is 0. The van der Waals surface area contributed by atoms with Gasteiger partial charge in [0, 0.05) is 33.4 Å². The Kier molecular flexibility index (Phi) is 2.45. The highest BCUT2D eigenvalue weighted by molar-refractivity contribution is 7.77. The largest absolute Gasteiger partial charge is 0.0995 e. The van der Waals surface area contributed by atoms with Crippen molar-refractivity contribution < 1.29 is 0 Å². The Balaban J connectivity index is 3.10. The molecular formula is C12H24P+. The van der Waals surface area contributed by atoms with Gasteiger partial charge >= 0.3 is 0 Å². The fourth-order valence-electron chi connectivity index (χ4n) is 2.50. The van der Waals surface area contributed by atoms with Gasteiger partial charge in [-0.1, -0.05) is 12.2 Å². The average molecular weight is 199 g/mol. The molecule has 0 atom stereocenters. The molecule has 1 saturated heterocycles. The lowest BCUT2D eigenvalue weighted by Gasteiger charge is -2.50. The summed E-state index contributed by atoms with van der Waals surface area (Å²) in [7, 11) is -0.841. The third-order valence-corrected chi connectivity index (χ3v) is 10.8. The van der Waals surface area contributed by atoms with E-state index in [4.69, 9.17) is 0 Å². The molecule has 0 amide bonds. The van der Waals surface area contributed by atoms with E-state index in [-0.39, 0.29) is 0 Å². The monoisotopic (exact) mass is 199 g/mol. The highest BCUT2D eigenvalue weighted by atomic mass is 31.2. The van der Waals surface area contributed by atoms with Crippen molar-refractivity contribution in [1.82, 2.24) is 0 Å². The molecule has 0 aliphatic carbocycles. The second kappa shape index (κ2) is 2.83. The zero-order chi connectivity index (χ0) is 10.5. The number of hydrogen-bond donors (Lipinski definition) is 0. The van der Waals surface area contributed by atoms with Crippen LogP contribution in [0.3, 0.4) is 0 Å². The fourth-order valence-corrected chi connectivity index (χ4v) is 5.38. The van der Waals surface area contributed by atoms with Crippen LogP contribution in [0.4, 0.5) is 0 Å². The summed E-state index contributed by atoms with van der Waals surface area (Å²) < 4.78 is 0. The summed E-state index contributed by atoms with van der Waals surface area (Å²) in [6.07, 6.45) is 2.47. The minimum absolute atomic E-state index is 0.492. The molecule has 1 heterocycles. The van der Waals surface area contributed by atoms with Crippen molar-refractivity contribution in [3.05, 3.63) is 12.2 Å². The van der Waals surface area contributed by atoms with Crippen molar-refractivity contribution in [2.75, 3.05) is 13.3 Å². The van der Waals surface area contributed by atoms with Crippen LogP contribution < -0.4 is 0 Å². The molecule has 76 valence electrons. The molecule has 0 bridgehead atoms. The third-order valence-electron chi connectivity index (χ3n) is 4.39. The maximum Gasteiger partial charge on any atom is 0.0780 e. The quantitative estimate of drug-likeness (QED) is 0.406. The van der Waals surface area contributed by atoms with E-state index in [9.17, 15) is 0 Å². The molecule has 0 radical (unpaired) electrons. The normalized spacial score (nSPS) is 30.2. The van der Waals surface area contributed by atoms with Crippen molar-refractivity contribution in [3.63, 3.8) is 0 Å². The van der Waals surface area contributed by atoms with Crippen LogP contribution in [0.5, 0.6) is 0 Å². The molecule has 0 nitrogen and oxygen atoms in total. The standard InChI is InChI=1S/C12H24P/c1-10-8-11(2,3)13(6,7)12(4,5)9-10/h1,8-9H2,2-7H3/q+1. The first-order valence-electron chi connectivity index (χ1n) is 5.11. The van der Waals surface area contributed by atoms with Gasteiger partial charge in [-0.05, 0) is 27.7 Å². The van der Waals surface area contributed by atoms with Gasteiger partial charge in [0.15, 0.2) is 0 Å². The topological polar surface area (TPSA) is 0 Å². The van der Waals surface area contributed by atoms with Crippen molar-refractivity contribution in [3.8, 4) is 0 Å². The van der Waals surface area contributed by atoms with Crippen LogP contribution in [0.1, 0.15) is 40.5 Å². The van der Waals surface area contributed by atoms with E-state index >= 15 is 0 Å². The van der Waals surface area contributed by atoms with E-state index in [0.717, 1.165) is 0 Å². The van der Waals surface area contributed by atoms with Crippen LogP contribution in [0.15, 0.2) is 12.2 Å². The molecule has 1 aliphatic rings. The Hall–Kier alpha value is 0.170. The number of rotatable bonds is 0. The number of hydrogen-bond acceptors (Lipinski definition) is 0. The van der Waals surface area contributed by atoms with Crippen molar-refractivity contribution in [2.24, 2.45) is 0 Å². The van der Waals surface area contributed by atoms with Gasteiger partial charge in [0.2, 0.25) is 0 Å². The van der Waals surface area contributed by atoms with Crippen LogP contribution in [0.25, 0.3) is 0 Å². The van der Waals surface area contributed by atoms with Crippen molar-refractivity contribution in [2.45, 2.75) is 50.8 Å². The molecule has 0 aromatic rings. The molecule has 0 N–H and O–H groups in total. The van der Waals surface area contributed by atoms with E-state index < -0.39 is 7.26 Å². The zero-order valence-electron chi connectivity index (χ0n) is 10.1. The molecule has 0 spiro atoms. The van der Waals surface area contributed by atoms with Crippen LogP contribution in [-0.2, 0) is 0 Å². The summed E-state index contributed by atoms with van der Waals surface area (Å²) in [5, 5.41) is 0.984. The maximum absolute atomic E-state index is 4.19. The van der Waals surface area contributed by atoms with Crippen LogP contribution >= 0.6 is 7.26 Å². The van der Waals surface area contributed by atoms with Gasteiger partial charge in [-0.25, -0.2) is 0 Å². The highest BCUT2D eigenvalue weighted by Crippen LogP contribution is 2.76. The zero-order valence-corrected chi connectivity index (χ0v) is 11.0. The Morgan fingerprint density at radius 1 is 1.00 bits per heavy atom. The van der Waals surface area contributed by atoms with E-state index in [0.29, 0.717) is 10.3 Å². The van der Waals surface area contributed by atoms with E-state index in [1.807, 2.05) is 0 Å². The lowest BCUT2D eigenvalue weighted by molar-refractivity contribution is 0.544. The van der Waals surface area contributed by atoms with E-state index in [1.54, 1.807) is 0 Å². The minimum atomic E-state index is -0.841. The molecule has 1 heteroatoms. The average Bonchev–Trinajstić information content (AvgIpc) is 1.80. The molecule has 1 fully saturated rings. The Bertz CT molecular complexity index is 212. The van der Waals surface area contributed by atoms with Gasteiger partial charge in [0.25, 0.3) is 0 Å². The summed E-state index contributed by atoms with van der Waals surface area (Å²) in [5.41, 5.74) is 1.45. The van der Waals surface area contributed by atoms with E-state index in [2.05, 4.69) is 47.6 Å². The molecule has 0 aromatic heterocycles. The van der Waals surface area contributed by atoms with Gasteiger partial charge in [-0.2, -0.15) is 0 Å². The molecular weight excluding hydrogens is 175 g/mol. The van der Waals surface area contributed by atoms with Gasteiger partial charge < -0.3 is 0 Å². The fraction of sp³-hybridized carbons (Fsp3) is 0.833. The second-order valence-electron chi connectivity index (χ2n) is 6.18. The highest BCUT2D eigenvalue weighted by Gasteiger charge is 2.57. The molecule has 0 unspecified atom stereocenters. The van der Waals surface area contributed by atoms with Crippen molar-refractivity contribution in [1.29, 1.82) is 0 Å². The van der Waals surface area contributed by atoms with Crippen LogP contribution in [-0.4, -0.2) is 23.6 Å². The summed E-state index contributed by atoms with van der Waals surface area (Å²) in [4.78, 5) is 0. The predicted molar refractivity (Wildman–Crippen MR) is 65.3 cm³/mol.